The minimum Gasteiger partial charge on any atom is -0.398 e. The van der Waals surface area contributed by atoms with Crippen LogP contribution in [0, 0.1) is 0 Å². The highest BCUT2D eigenvalue weighted by Gasteiger charge is 2.73. The lowest BCUT2D eigenvalue weighted by Crippen LogP contribution is -2.50. The van der Waals surface area contributed by atoms with Gasteiger partial charge in [-0.3, -0.25) is 0 Å². The molecular weight excluding hydrogens is 324 g/mol. The number of rotatable bonds is 1. The second kappa shape index (κ2) is 4.67. The van der Waals surface area contributed by atoms with E-state index in [-0.39, 0.29) is 12.1 Å². The smallest absolute Gasteiger partial charge is 0.398 e. The molecule has 0 aliphatic carbocycles. The summed E-state index contributed by atoms with van der Waals surface area (Å²) in [6, 6.07) is -0.564. The van der Waals surface area contributed by atoms with Gasteiger partial charge in [0.2, 0.25) is 0 Å². The normalized spacial score (nSPS) is 14.4. The zero-order valence-electron chi connectivity index (χ0n) is 9.59. The van der Waals surface area contributed by atoms with Crippen molar-refractivity contribution >= 4 is 5.69 Å². The summed E-state index contributed by atoms with van der Waals surface area (Å²) in [7, 11) is 0. The molecule has 0 spiro atoms. The maximum Gasteiger partial charge on any atom is 0.435 e. The molecule has 11 heteroatoms. The molecular formula is C10H5F10N. The fourth-order valence-corrected chi connectivity index (χ4v) is 1.50. The van der Waals surface area contributed by atoms with Crippen LogP contribution >= 0.6 is 0 Å². The van der Waals surface area contributed by atoms with E-state index < -0.39 is 47.1 Å². The van der Waals surface area contributed by atoms with E-state index in [1.54, 1.807) is 0 Å². The van der Waals surface area contributed by atoms with Gasteiger partial charge < -0.3 is 5.73 Å². The van der Waals surface area contributed by atoms with Crippen LogP contribution in [0.1, 0.15) is 11.1 Å². The molecule has 1 aromatic carbocycles. The minimum absolute atomic E-state index is 0.0917. The molecule has 0 aliphatic heterocycles. The first-order valence-electron chi connectivity index (χ1n) is 4.92. The zero-order chi connectivity index (χ0) is 16.9. The maximum atomic E-state index is 13.6. The first-order valence-corrected chi connectivity index (χ1v) is 4.92. The van der Waals surface area contributed by atoms with Gasteiger partial charge in [-0.25, -0.2) is 4.39 Å². The van der Waals surface area contributed by atoms with Crippen molar-refractivity contribution in [2.45, 2.75) is 24.2 Å². The minimum atomic E-state index is -6.50. The Kier molecular flexibility index (Phi) is 3.86. The topological polar surface area (TPSA) is 26.0 Å². The van der Waals surface area contributed by atoms with E-state index in [9.17, 15) is 43.9 Å². The summed E-state index contributed by atoms with van der Waals surface area (Å²) in [6.07, 6.45) is -18.3. The van der Waals surface area contributed by atoms with Crippen LogP contribution in [0.3, 0.4) is 0 Å². The highest BCUT2D eigenvalue weighted by molar-refractivity contribution is 5.51. The van der Waals surface area contributed by atoms with Crippen molar-refractivity contribution in [3.05, 3.63) is 29.3 Å². The molecule has 0 saturated heterocycles. The predicted molar refractivity (Wildman–Crippen MR) is 50.8 cm³/mol. The van der Waals surface area contributed by atoms with Crippen molar-refractivity contribution in [2.24, 2.45) is 0 Å². The Balaban J connectivity index is 3.64. The maximum absolute atomic E-state index is 13.6. The molecule has 0 unspecified atom stereocenters. The molecule has 1 nitrogen and oxygen atoms in total. The summed E-state index contributed by atoms with van der Waals surface area (Å²) < 4.78 is 125. The fraction of sp³-hybridized carbons (Fsp3) is 0.400. The molecule has 0 aromatic heterocycles. The van der Waals surface area contributed by atoms with Gasteiger partial charge in [0.05, 0.1) is 5.56 Å². The third-order valence-electron chi connectivity index (χ3n) is 2.54. The summed E-state index contributed by atoms with van der Waals surface area (Å²) in [5.74, 6) is 0. The zero-order valence-corrected chi connectivity index (χ0v) is 9.59. The summed E-state index contributed by atoms with van der Waals surface area (Å²) in [5.41, 5.74) is -6.47. The van der Waals surface area contributed by atoms with E-state index in [0.29, 0.717) is 0 Å². The van der Waals surface area contributed by atoms with Crippen LogP contribution in [0.25, 0.3) is 0 Å². The van der Waals surface area contributed by atoms with Gasteiger partial charge in [-0.2, -0.15) is 39.5 Å². The summed E-state index contributed by atoms with van der Waals surface area (Å²) in [6.45, 7) is 0. The van der Waals surface area contributed by atoms with E-state index in [1.165, 1.54) is 0 Å². The van der Waals surface area contributed by atoms with E-state index in [0.717, 1.165) is 0 Å². The molecule has 0 radical (unpaired) electrons. The highest BCUT2D eigenvalue weighted by Crippen LogP contribution is 2.54. The predicted octanol–water partition coefficient (Wildman–Crippen LogP) is 4.58. The number of alkyl halides is 10. The van der Waals surface area contributed by atoms with Crippen LogP contribution in [0.4, 0.5) is 49.6 Å². The lowest BCUT2D eigenvalue weighted by Gasteiger charge is -2.30. The van der Waals surface area contributed by atoms with E-state index in [1.807, 2.05) is 0 Å². The second-order valence-corrected chi connectivity index (χ2v) is 3.95. The monoisotopic (exact) mass is 329 g/mol. The fourth-order valence-electron chi connectivity index (χ4n) is 1.50. The summed E-state index contributed by atoms with van der Waals surface area (Å²) >= 11 is 0. The number of hydrogen-bond donors (Lipinski definition) is 1. The van der Waals surface area contributed by atoms with Crippen LogP contribution in [0.15, 0.2) is 18.2 Å². The van der Waals surface area contributed by atoms with Gasteiger partial charge in [0, 0.05) is 11.3 Å². The van der Waals surface area contributed by atoms with Crippen LogP contribution in [0.5, 0.6) is 0 Å². The van der Waals surface area contributed by atoms with Crippen LogP contribution < -0.4 is 5.73 Å². The average Bonchev–Trinajstić information content (AvgIpc) is 2.23. The molecule has 1 aromatic rings. The molecule has 21 heavy (non-hydrogen) atoms. The van der Waals surface area contributed by atoms with Crippen LogP contribution in [-0.2, 0) is 11.8 Å². The molecule has 0 aliphatic rings. The number of hydrogen-bond acceptors (Lipinski definition) is 1. The Morgan fingerprint density at radius 3 is 1.48 bits per heavy atom. The van der Waals surface area contributed by atoms with E-state index >= 15 is 0 Å². The van der Waals surface area contributed by atoms with Crippen LogP contribution in [-0.4, -0.2) is 12.4 Å². The number of anilines is 1. The Morgan fingerprint density at radius 1 is 0.714 bits per heavy atom. The molecule has 1 rings (SSSR count). The number of nitrogens with two attached hydrogens (primary N) is 1. The quantitative estimate of drug-likeness (QED) is 0.592. The van der Waals surface area contributed by atoms with E-state index in [4.69, 9.17) is 5.73 Å². The summed E-state index contributed by atoms with van der Waals surface area (Å²) in [4.78, 5) is 0. The Labute approximate surface area is 110 Å². The van der Waals surface area contributed by atoms with Crippen molar-refractivity contribution < 1.29 is 43.9 Å². The molecule has 0 amide bonds. The van der Waals surface area contributed by atoms with Gasteiger partial charge in [-0.1, -0.05) is 6.07 Å². The van der Waals surface area contributed by atoms with Crippen molar-refractivity contribution in [3.8, 4) is 0 Å². The Hall–Kier alpha value is -1.68. The number of halogens is 10. The highest BCUT2D eigenvalue weighted by atomic mass is 19.4. The lowest BCUT2D eigenvalue weighted by molar-refractivity contribution is -0.348. The van der Waals surface area contributed by atoms with Crippen LogP contribution in [0.2, 0.25) is 0 Å². The Bertz CT molecular complexity index is 510. The standard InChI is InChI=1S/C10H5F10N/c11-7(9(15,16)17,10(18,19)20)4-1-2-6(21)5(3-4)8(12,13)14/h1-3H,21H2. The number of benzene rings is 1. The van der Waals surface area contributed by atoms with Crippen molar-refractivity contribution in [2.75, 3.05) is 5.73 Å². The first kappa shape index (κ1) is 17.4. The van der Waals surface area contributed by atoms with Gasteiger partial charge in [0.25, 0.3) is 0 Å². The van der Waals surface area contributed by atoms with Gasteiger partial charge in [0.1, 0.15) is 0 Å². The summed E-state index contributed by atoms with van der Waals surface area (Å²) in [5, 5.41) is 0. The molecule has 0 bridgehead atoms. The molecule has 0 atom stereocenters. The third-order valence-corrected chi connectivity index (χ3v) is 2.54. The van der Waals surface area contributed by atoms with E-state index in [2.05, 4.69) is 0 Å². The van der Waals surface area contributed by atoms with Crippen molar-refractivity contribution in [1.29, 1.82) is 0 Å². The molecule has 120 valence electrons. The van der Waals surface area contributed by atoms with Crippen molar-refractivity contribution in [3.63, 3.8) is 0 Å². The van der Waals surface area contributed by atoms with Crippen molar-refractivity contribution in [1.82, 2.24) is 0 Å². The average molecular weight is 329 g/mol. The van der Waals surface area contributed by atoms with Gasteiger partial charge >= 0.3 is 24.2 Å². The van der Waals surface area contributed by atoms with Gasteiger partial charge in [-0.05, 0) is 12.1 Å². The lowest BCUT2D eigenvalue weighted by atomic mass is 9.92. The molecule has 0 heterocycles. The van der Waals surface area contributed by atoms with Gasteiger partial charge in [0.15, 0.2) is 0 Å². The second-order valence-electron chi connectivity index (χ2n) is 3.95. The SMILES string of the molecule is Nc1ccc(C(F)(C(F)(F)F)C(F)(F)F)cc1C(F)(F)F. The van der Waals surface area contributed by atoms with Gasteiger partial charge in [-0.15, -0.1) is 0 Å². The third kappa shape index (κ3) is 2.86. The number of nitrogen functional groups attached to an aromatic ring is 1. The first-order chi connectivity index (χ1) is 9.12. The molecule has 0 saturated carbocycles. The Morgan fingerprint density at radius 2 is 1.14 bits per heavy atom. The largest absolute Gasteiger partial charge is 0.435 e. The molecule has 0 fully saturated rings. The molecule has 2 N–H and O–H groups in total.